The molecule has 1 aliphatic carbocycles. The van der Waals surface area contributed by atoms with Crippen molar-refractivity contribution in [2.24, 2.45) is 0 Å². The van der Waals surface area contributed by atoms with Crippen molar-refractivity contribution in [3.63, 3.8) is 0 Å². The van der Waals surface area contributed by atoms with E-state index in [2.05, 4.69) is 22.9 Å². The zero-order chi connectivity index (χ0) is 11.5. The third-order valence-electron chi connectivity index (χ3n) is 3.16. The van der Waals surface area contributed by atoms with Gasteiger partial charge in [0.05, 0.1) is 23.7 Å². The van der Waals surface area contributed by atoms with Gasteiger partial charge in [-0.05, 0) is 38.3 Å². The van der Waals surface area contributed by atoms with E-state index in [1.54, 1.807) is 0 Å². The van der Waals surface area contributed by atoms with Crippen LogP contribution in [0.1, 0.15) is 44.9 Å². The summed E-state index contributed by atoms with van der Waals surface area (Å²) in [5.74, 6) is 0. The van der Waals surface area contributed by atoms with Crippen molar-refractivity contribution in [1.82, 2.24) is 4.98 Å². The summed E-state index contributed by atoms with van der Waals surface area (Å²) in [6.07, 6.45) is 4.77. The van der Waals surface area contributed by atoms with Gasteiger partial charge in [0.25, 0.3) is 0 Å². The van der Waals surface area contributed by atoms with Gasteiger partial charge in [-0.2, -0.15) is 0 Å². The Labute approximate surface area is 97.1 Å². The first-order chi connectivity index (χ1) is 7.76. The summed E-state index contributed by atoms with van der Waals surface area (Å²) >= 11 is 0. The first-order valence-electron chi connectivity index (χ1n) is 6.17. The van der Waals surface area contributed by atoms with E-state index < -0.39 is 6.10 Å². The molecule has 1 aromatic heterocycles. The molecule has 0 aliphatic heterocycles. The van der Waals surface area contributed by atoms with Crippen LogP contribution in [-0.4, -0.2) is 22.7 Å². The molecule has 1 N–H and O–H groups in total. The molecule has 0 unspecified atom stereocenters. The van der Waals surface area contributed by atoms with Crippen molar-refractivity contribution in [3.05, 3.63) is 24.0 Å². The average molecular weight is 220 g/mol. The molecule has 16 heavy (non-hydrogen) atoms. The maximum atomic E-state index is 9.66. The van der Waals surface area contributed by atoms with Crippen molar-refractivity contribution < 1.29 is 5.11 Å². The lowest BCUT2D eigenvalue weighted by molar-refractivity contribution is 0.169. The molecule has 1 aliphatic rings. The van der Waals surface area contributed by atoms with E-state index in [9.17, 15) is 5.11 Å². The minimum Gasteiger partial charge on any atom is -0.387 e. The van der Waals surface area contributed by atoms with Crippen LogP contribution in [-0.2, 0) is 0 Å². The summed E-state index contributed by atoms with van der Waals surface area (Å²) in [7, 11) is 0. The van der Waals surface area contributed by atoms with E-state index in [0.717, 1.165) is 12.2 Å². The maximum absolute atomic E-state index is 9.66. The number of aliphatic hydroxyl groups is 1. The SMILES string of the molecule is CC[C@@H](O)c1ccc(N(CC)C2CC2)cn1. The Morgan fingerprint density at radius 3 is 2.62 bits per heavy atom. The molecule has 1 atom stereocenters. The Morgan fingerprint density at radius 1 is 1.44 bits per heavy atom. The third-order valence-corrected chi connectivity index (χ3v) is 3.16. The first-order valence-corrected chi connectivity index (χ1v) is 6.17. The molecule has 1 fully saturated rings. The Kier molecular flexibility index (Phi) is 3.44. The summed E-state index contributed by atoms with van der Waals surface area (Å²) < 4.78 is 0. The van der Waals surface area contributed by atoms with Crippen LogP contribution in [0.3, 0.4) is 0 Å². The second-order valence-electron chi connectivity index (χ2n) is 4.38. The Hall–Kier alpha value is -1.09. The minimum absolute atomic E-state index is 0.426. The van der Waals surface area contributed by atoms with Crippen LogP contribution in [0.2, 0.25) is 0 Å². The highest BCUT2D eigenvalue weighted by Crippen LogP contribution is 2.31. The van der Waals surface area contributed by atoms with Gasteiger partial charge in [-0.25, -0.2) is 0 Å². The monoisotopic (exact) mass is 220 g/mol. The number of anilines is 1. The summed E-state index contributed by atoms with van der Waals surface area (Å²) in [6, 6.07) is 4.73. The highest BCUT2D eigenvalue weighted by Gasteiger charge is 2.28. The summed E-state index contributed by atoms with van der Waals surface area (Å²) in [4.78, 5) is 6.72. The lowest BCUT2D eigenvalue weighted by Gasteiger charge is -2.22. The Bertz CT molecular complexity index is 332. The van der Waals surface area contributed by atoms with Crippen LogP contribution < -0.4 is 4.90 Å². The van der Waals surface area contributed by atoms with Gasteiger partial charge in [-0.15, -0.1) is 0 Å². The minimum atomic E-state index is -0.426. The maximum Gasteiger partial charge on any atom is 0.0957 e. The van der Waals surface area contributed by atoms with Crippen LogP contribution in [0.15, 0.2) is 18.3 Å². The Morgan fingerprint density at radius 2 is 2.19 bits per heavy atom. The molecule has 0 bridgehead atoms. The van der Waals surface area contributed by atoms with Gasteiger partial charge in [0.15, 0.2) is 0 Å². The molecule has 1 heterocycles. The van der Waals surface area contributed by atoms with Gasteiger partial charge in [0.1, 0.15) is 0 Å². The lowest BCUT2D eigenvalue weighted by atomic mass is 10.2. The van der Waals surface area contributed by atoms with Crippen molar-refractivity contribution in [1.29, 1.82) is 0 Å². The van der Waals surface area contributed by atoms with Crippen LogP contribution >= 0.6 is 0 Å². The lowest BCUT2D eigenvalue weighted by Crippen LogP contribution is -2.25. The van der Waals surface area contributed by atoms with Gasteiger partial charge in [-0.1, -0.05) is 6.92 Å². The van der Waals surface area contributed by atoms with E-state index in [0.29, 0.717) is 12.5 Å². The number of hydrogen-bond donors (Lipinski definition) is 1. The molecule has 3 heteroatoms. The molecule has 0 amide bonds. The topological polar surface area (TPSA) is 36.4 Å². The van der Waals surface area contributed by atoms with E-state index in [1.165, 1.54) is 18.5 Å². The standard InChI is InChI=1S/C13H20N2O/c1-3-13(16)12-8-7-11(9-14-12)15(4-2)10-5-6-10/h7-10,13,16H,3-6H2,1-2H3/t13-/m1/s1. The quantitative estimate of drug-likeness (QED) is 0.828. The van der Waals surface area contributed by atoms with Crippen molar-refractivity contribution >= 4 is 5.69 Å². The fraction of sp³-hybridized carbons (Fsp3) is 0.615. The number of rotatable bonds is 5. The number of pyridine rings is 1. The van der Waals surface area contributed by atoms with Crippen molar-refractivity contribution in [3.8, 4) is 0 Å². The summed E-state index contributed by atoms with van der Waals surface area (Å²) in [6.45, 7) is 5.16. The average Bonchev–Trinajstić information content (AvgIpc) is 3.14. The van der Waals surface area contributed by atoms with E-state index in [1.807, 2.05) is 19.2 Å². The third kappa shape index (κ3) is 2.35. The molecule has 1 saturated carbocycles. The zero-order valence-corrected chi connectivity index (χ0v) is 10.1. The molecule has 1 aromatic rings. The molecule has 2 rings (SSSR count). The first kappa shape index (κ1) is 11.4. The van der Waals surface area contributed by atoms with Gasteiger partial charge in [0.2, 0.25) is 0 Å². The summed E-state index contributed by atoms with van der Waals surface area (Å²) in [5.41, 5.74) is 1.95. The molecule has 0 spiro atoms. The smallest absolute Gasteiger partial charge is 0.0957 e. The summed E-state index contributed by atoms with van der Waals surface area (Å²) in [5, 5.41) is 9.66. The second kappa shape index (κ2) is 4.83. The van der Waals surface area contributed by atoms with Gasteiger partial charge in [-0.3, -0.25) is 4.98 Å². The van der Waals surface area contributed by atoms with E-state index >= 15 is 0 Å². The number of aromatic nitrogens is 1. The number of hydrogen-bond acceptors (Lipinski definition) is 3. The molecular weight excluding hydrogens is 200 g/mol. The molecule has 0 saturated heterocycles. The van der Waals surface area contributed by atoms with Gasteiger partial charge >= 0.3 is 0 Å². The normalized spacial score (nSPS) is 17.2. The highest BCUT2D eigenvalue weighted by atomic mass is 16.3. The molecule has 0 aromatic carbocycles. The van der Waals surface area contributed by atoms with Crippen LogP contribution in [0.25, 0.3) is 0 Å². The van der Waals surface area contributed by atoms with Gasteiger partial charge in [0, 0.05) is 12.6 Å². The predicted molar refractivity (Wildman–Crippen MR) is 65.5 cm³/mol. The van der Waals surface area contributed by atoms with Crippen LogP contribution in [0, 0.1) is 0 Å². The van der Waals surface area contributed by atoms with Crippen LogP contribution in [0.5, 0.6) is 0 Å². The molecule has 3 nitrogen and oxygen atoms in total. The van der Waals surface area contributed by atoms with Crippen molar-refractivity contribution in [2.45, 2.75) is 45.3 Å². The predicted octanol–water partition coefficient (Wildman–Crippen LogP) is 2.51. The molecular formula is C13H20N2O. The number of aliphatic hydroxyl groups excluding tert-OH is 1. The fourth-order valence-corrected chi connectivity index (χ4v) is 2.01. The largest absolute Gasteiger partial charge is 0.387 e. The Balaban J connectivity index is 2.11. The second-order valence-corrected chi connectivity index (χ2v) is 4.38. The van der Waals surface area contributed by atoms with E-state index in [-0.39, 0.29) is 0 Å². The van der Waals surface area contributed by atoms with Crippen LogP contribution in [0.4, 0.5) is 5.69 Å². The fourth-order valence-electron chi connectivity index (χ4n) is 2.01. The molecule has 88 valence electrons. The molecule has 0 radical (unpaired) electrons. The highest BCUT2D eigenvalue weighted by molar-refractivity contribution is 5.47. The van der Waals surface area contributed by atoms with Crippen molar-refractivity contribution in [2.75, 3.05) is 11.4 Å². The number of nitrogens with zero attached hydrogens (tertiary/aromatic N) is 2. The van der Waals surface area contributed by atoms with E-state index in [4.69, 9.17) is 0 Å². The zero-order valence-electron chi connectivity index (χ0n) is 10.1. The van der Waals surface area contributed by atoms with Gasteiger partial charge < -0.3 is 10.0 Å².